The molecule has 0 spiro atoms. The van der Waals surface area contributed by atoms with Gasteiger partial charge >= 0.3 is 0 Å². The molecular formula is C21H24N6OS. The van der Waals surface area contributed by atoms with Crippen molar-refractivity contribution in [2.75, 3.05) is 29.9 Å². The first-order valence-electron chi connectivity index (χ1n) is 9.69. The molecule has 0 bridgehead atoms. The Morgan fingerprint density at radius 1 is 1.10 bits per heavy atom. The summed E-state index contributed by atoms with van der Waals surface area (Å²) in [6, 6.07) is 14.0. The zero-order valence-corrected chi connectivity index (χ0v) is 17.2. The number of aryl methyl sites for hydroxylation is 1. The van der Waals surface area contributed by atoms with E-state index in [1.54, 1.807) is 11.0 Å². The molecule has 150 valence electrons. The van der Waals surface area contributed by atoms with Gasteiger partial charge in [-0.3, -0.25) is 9.69 Å². The SMILES string of the molecule is Cc1ccc(CN2CCSCC2)cc1NC(=O)Cc1ccc(-n2cnnn2)cc1. The van der Waals surface area contributed by atoms with Crippen LogP contribution in [0.1, 0.15) is 16.7 Å². The number of rotatable bonds is 6. The van der Waals surface area contributed by atoms with Crippen molar-refractivity contribution < 1.29 is 4.79 Å². The van der Waals surface area contributed by atoms with E-state index in [0.717, 1.165) is 42.1 Å². The molecule has 0 aliphatic carbocycles. The lowest BCUT2D eigenvalue weighted by molar-refractivity contribution is -0.115. The van der Waals surface area contributed by atoms with Crippen LogP contribution in [0.25, 0.3) is 5.69 Å². The summed E-state index contributed by atoms with van der Waals surface area (Å²) in [4.78, 5) is 15.1. The predicted molar refractivity (Wildman–Crippen MR) is 115 cm³/mol. The molecule has 0 saturated carbocycles. The van der Waals surface area contributed by atoms with Crippen LogP contribution in [0.15, 0.2) is 48.8 Å². The molecule has 4 rings (SSSR count). The molecule has 0 atom stereocenters. The summed E-state index contributed by atoms with van der Waals surface area (Å²) in [5, 5.41) is 14.2. The number of anilines is 1. The van der Waals surface area contributed by atoms with Crippen molar-refractivity contribution >= 4 is 23.4 Å². The van der Waals surface area contributed by atoms with Crippen LogP contribution in [0.2, 0.25) is 0 Å². The lowest BCUT2D eigenvalue weighted by Gasteiger charge is -2.26. The standard InChI is InChI=1S/C21H24N6OS/c1-16-2-3-18(14-26-8-10-29-11-9-26)12-20(16)23-21(28)13-17-4-6-19(7-5-17)27-15-22-24-25-27/h2-7,12,15H,8-11,13-14H2,1H3,(H,23,28). The van der Waals surface area contributed by atoms with Crippen LogP contribution in [0.3, 0.4) is 0 Å². The van der Waals surface area contributed by atoms with Crippen LogP contribution in [0.5, 0.6) is 0 Å². The van der Waals surface area contributed by atoms with E-state index in [1.165, 1.54) is 17.1 Å². The molecule has 1 N–H and O–H groups in total. The van der Waals surface area contributed by atoms with Gasteiger partial charge in [-0.1, -0.05) is 24.3 Å². The first-order valence-corrected chi connectivity index (χ1v) is 10.8. The number of aromatic nitrogens is 4. The van der Waals surface area contributed by atoms with E-state index in [2.05, 4.69) is 43.9 Å². The predicted octanol–water partition coefficient (Wildman–Crippen LogP) is 2.70. The van der Waals surface area contributed by atoms with Crippen LogP contribution >= 0.6 is 11.8 Å². The van der Waals surface area contributed by atoms with Crippen LogP contribution in [0, 0.1) is 6.92 Å². The van der Waals surface area contributed by atoms with Crippen molar-refractivity contribution in [3.63, 3.8) is 0 Å². The van der Waals surface area contributed by atoms with E-state index >= 15 is 0 Å². The fourth-order valence-electron chi connectivity index (χ4n) is 3.35. The van der Waals surface area contributed by atoms with Gasteiger partial charge in [0.2, 0.25) is 5.91 Å². The van der Waals surface area contributed by atoms with E-state index in [0.29, 0.717) is 6.42 Å². The zero-order chi connectivity index (χ0) is 20.1. The number of tetrazole rings is 1. The van der Waals surface area contributed by atoms with E-state index in [4.69, 9.17) is 0 Å². The van der Waals surface area contributed by atoms with Crippen LogP contribution in [-0.4, -0.2) is 55.6 Å². The smallest absolute Gasteiger partial charge is 0.228 e. The minimum Gasteiger partial charge on any atom is -0.326 e. The minimum absolute atomic E-state index is 0.0187. The van der Waals surface area contributed by atoms with Gasteiger partial charge in [-0.05, 0) is 52.2 Å². The summed E-state index contributed by atoms with van der Waals surface area (Å²) in [5.41, 5.74) is 5.01. The second-order valence-electron chi connectivity index (χ2n) is 7.18. The molecule has 1 amide bonds. The Hall–Kier alpha value is -2.71. The van der Waals surface area contributed by atoms with Gasteiger partial charge in [0.1, 0.15) is 6.33 Å². The Labute approximate surface area is 174 Å². The van der Waals surface area contributed by atoms with Gasteiger partial charge < -0.3 is 5.32 Å². The molecule has 29 heavy (non-hydrogen) atoms. The molecule has 1 fully saturated rings. The number of nitrogens with zero attached hydrogens (tertiary/aromatic N) is 5. The Kier molecular flexibility index (Phi) is 6.21. The number of amides is 1. The Bertz CT molecular complexity index is 952. The summed E-state index contributed by atoms with van der Waals surface area (Å²) in [6.45, 7) is 5.21. The number of benzene rings is 2. The molecule has 0 radical (unpaired) electrons. The zero-order valence-electron chi connectivity index (χ0n) is 16.4. The van der Waals surface area contributed by atoms with Crippen molar-refractivity contribution in [1.29, 1.82) is 0 Å². The quantitative estimate of drug-likeness (QED) is 0.676. The highest BCUT2D eigenvalue weighted by atomic mass is 32.2. The highest BCUT2D eigenvalue weighted by Gasteiger charge is 2.12. The first kappa shape index (κ1) is 19.6. The summed E-state index contributed by atoms with van der Waals surface area (Å²) >= 11 is 2.01. The van der Waals surface area contributed by atoms with Crippen molar-refractivity contribution in [3.8, 4) is 5.69 Å². The van der Waals surface area contributed by atoms with Gasteiger partial charge in [0.15, 0.2) is 0 Å². The van der Waals surface area contributed by atoms with Gasteiger partial charge in [-0.2, -0.15) is 11.8 Å². The molecular weight excluding hydrogens is 384 g/mol. The van der Waals surface area contributed by atoms with Gasteiger partial charge in [-0.25, -0.2) is 4.68 Å². The number of thioether (sulfide) groups is 1. The Morgan fingerprint density at radius 2 is 1.86 bits per heavy atom. The molecule has 2 aromatic carbocycles. The summed E-state index contributed by atoms with van der Waals surface area (Å²) in [5.74, 6) is 2.37. The summed E-state index contributed by atoms with van der Waals surface area (Å²) in [7, 11) is 0. The van der Waals surface area contributed by atoms with Crippen molar-refractivity contribution in [1.82, 2.24) is 25.1 Å². The molecule has 8 heteroatoms. The van der Waals surface area contributed by atoms with Gasteiger partial charge in [0.25, 0.3) is 0 Å². The molecule has 7 nitrogen and oxygen atoms in total. The van der Waals surface area contributed by atoms with Crippen molar-refractivity contribution in [2.24, 2.45) is 0 Å². The maximum Gasteiger partial charge on any atom is 0.228 e. The van der Waals surface area contributed by atoms with Crippen LogP contribution in [0.4, 0.5) is 5.69 Å². The Balaban J connectivity index is 1.38. The highest BCUT2D eigenvalue weighted by Crippen LogP contribution is 2.20. The fraction of sp³-hybridized carbons (Fsp3) is 0.333. The maximum atomic E-state index is 12.6. The highest BCUT2D eigenvalue weighted by molar-refractivity contribution is 7.99. The number of carbonyl (C=O) groups excluding carboxylic acids is 1. The van der Waals surface area contributed by atoms with Crippen molar-refractivity contribution in [2.45, 2.75) is 19.9 Å². The van der Waals surface area contributed by atoms with Crippen LogP contribution in [-0.2, 0) is 17.8 Å². The molecule has 1 saturated heterocycles. The molecule has 3 aromatic rings. The molecule has 1 aliphatic heterocycles. The minimum atomic E-state index is -0.0187. The second-order valence-corrected chi connectivity index (χ2v) is 8.41. The lowest BCUT2D eigenvalue weighted by Crippen LogP contribution is -2.32. The molecule has 2 heterocycles. The normalized spacial score (nSPS) is 14.7. The van der Waals surface area contributed by atoms with Crippen LogP contribution < -0.4 is 5.32 Å². The molecule has 0 unspecified atom stereocenters. The number of nitrogens with one attached hydrogen (secondary N) is 1. The average Bonchev–Trinajstić information content (AvgIpc) is 3.27. The van der Waals surface area contributed by atoms with E-state index in [1.807, 2.05) is 43.0 Å². The second kappa shape index (κ2) is 9.19. The third-order valence-electron chi connectivity index (χ3n) is 5.00. The maximum absolute atomic E-state index is 12.6. The molecule has 1 aromatic heterocycles. The van der Waals surface area contributed by atoms with Crippen molar-refractivity contribution in [3.05, 3.63) is 65.5 Å². The number of hydrogen-bond acceptors (Lipinski definition) is 6. The lowest BCUT2D eigenvalue weighted by atomic mass is 10.1. The van der Waals surface area contributed by atoms with Gasteiger partial charge in [-0.15, -0.1) is 5.10 Å². The van der Waals surface area contributed by atoms with Gasteiger partial charge in [0.05, 0.1) is 12.1 Å². The third kappa shape index (κ3) is 5.21. The summed E-state index contributed by atoms with van der Waals surface area (Å²) in [6.07, 6.45) is 1.86. The third-order valence-corrected chi connectivity index (χ3v) is 5.94. The monoisotopic (exact) mass is 408 g/mol. The van der Waals surface area contributed by atoms with E-state index < -0.39 is 0 Å². The summed E-state index contributed by atoms with van der Waals surface area (Å²) < 4.78 is 1.58. The largest absolute Gasteiger partial charge is 0.326 e. The Morgan fingerprint density at radius 3 is 2.59 bits per heavy atom. The fourth-order valence-corrected chi connectivity index (χ4v) is 4.32. The van der Waals surface area contributed by atoms with Gasteiger partial charge in [0, 0.05) is 36.8 Å². The molecule has 1 aliphatic rings. The van der Waals surface area contributed by atoms with E-state index in [9.17, 15) is 4.79 Å². The topological polar surface area (TPSA) is 75.9 Å². The first-order chi connectivity index (χ1) is 14.2. The average molecular weight is 409 g/mol. The number of hydrogen-bond donors (Lipinski definition) is 1. The number of carbonyl (C=O) groups is 1. The van der Waals surface area contributed by atoms with E-state index in [-0.39, 0.29) is 5.91 Å².